The molecule has 6 N–H and O–H groups in total. The molecule has 0 aromatic heterocycles. The van der Waals surface area contributed by atoms with Gasteiger partial charge in [0.25, 0.3) is 0 Å². The van der Waals surface area contributed by atoms with Crippen LogP contribution in [-0.2, 0) is 19.4 Å². The van der Waals surface area contributed by atoms with Gasteiger partial charge in [-0.05, 0) is 26.1 Å². The summed E-state index contributed by atoms with van der Waals surface area (Å²) in [7, 11) is 4.11. The predicted molar refractivity (Wildman–Crippen MR) is 99.2 cm³/mol. The topological polar surface area (TPSA) is 167 Å². The zero-order valence-corrected chi connectivity index (χ0v) is 17.6. The fraction of sp³-hybridized carbons (Fsp3) is 0.800. The normalized spacial score (nSPS) is 9.92. The highest BCUT2D eigenvalue weighted by Gasteiger charge is 1.88. The van der Waals surface area contributed by atoms with Gasteiger partial charge in [0.1, 0.15) is 0 Å². The molecule has 0 aliphatic heterocycles. The van der Waals surface area contributed by atoms with Gasteiger partial charge < -0.3 is 35.7 Å². The molecular formula is C15H38N4O6S. The number of carbonyl (C=O) groups excluding carboxylic acids is 1. The Morgan fingerprint density at radius 2 is 1.38 bits per heavy atom. The van der Waals surface area contributed by atoms with Crippen LogP contribution in [-0.4, -0.2) is 79.9 Å². The minimum absolute atomic E-state index is 0.0914. The molecule has 160 valence electrons. The van der Waals surface area contributed by atoms with Gasteiger partial charge in [0.2, 0.25) is 10.4 Å². The van der Waals surface area contributed by atoms with Crippen LogP contribution in [0.5, 0.6) is 0 Å². The van der Waals surface area contributed by atoms with E-state index in [1.165, 1.54) is 29.8 Å². The lowest BCUT2D eigenvalue weighted by Gasteiger charge is -2.03. The van der Waals surface area contributed by atoms with Crippen molar-refractivity contribution in [3.05, 3.63) is 12.7 Å². The molecule has 0 spiro atoms. The molecule has 0 fully saturated rings. The highest BCUT2D eigenvalue weighted by molar-refractivity contribution is 7.80. The lowest BCUT2D eigenvalue weighted by atomic mass is 10.4. The van der Waals surface area contributed by atoms with Gasteiger partial charge in [-0.15, -0.1) is 0 Å². The largest absolute Gasteiger partial charge is 0.726 e. The molecule has 0 saturated heterocycles. The van der Waals surface area contributed by atoms with Crippen LogP contribution in [0.3, 0.4) is 0 Å². The van der Waals surface area contributed by atoms with Crippen molar-refractivity contribution in [1.29, 1.82) is 0 Å². The van der Waals surface area contributed by atoms with Crippen molar-refractivity contribution < 1.29 is 36.9 Å². The van der Waals surface area contributed by atoms with Crippen LogP contribution in [0.25, 0.3) is 0 Å². The first-order valence-electron chi connectivity index (χ1n) is 8.29. The summed E-state index contributed by atoms with van der Waals surface area (Å²) in [4.78, 5) is 12.1. The van der Waals surface area contributed by atoms with Crippen molar-refractivity contribution in [2.45, 2.75) is 19.8 Å². The third-order valence-corrected chi connectivity index (χ3v) is 2.72. The number of carboxylic acids is 1. The van der Waals surface area contributed by atoms with Crippen LogP contribution in [0.2, 0.25) is 0 Å². The van der Waals surface area contributed by atoms with Crippen LogP contribution in [0.1, 0.15) is 19.8 Å². The number of hydrogen-bond acceptors (Lipinski definition) is 8. The molecule has 0 atom stereocenters. The van der Waals surface area contributed by atoms with Crippen molar-refractivity contribution >= 4 is 16.4 Å². The Bertz CT molecular complexity index is 391. The summed E-state index contributed by atoms with van der Waals surface area (Å²) in [5.41, 5.74) is 10.5. The van der Waals surface area contributed by atoms with E-state index in [1.54, 1.807) is 0 Å². The first-order chi connectivity index (χ1) is 11.9. The van der Waals surface area contributed by atoms with Crippen LogP contribution < -0.4 is 26.4 Å². The van der Waals surface area contributed by atoms with Gasteiger partial charge in [0.05, 0.1) is 53.9 Å². The Kier molecular flexibility index (Phi) is 30.0. The summed E-state index contributed by atoms with van der Waals surface area (Å²) in [5, 5.41) is 9.14. The molecule has 0 aromatic carbocycles. The maximum atomic E-state index is 9.45. The molecule has 0 rings (SSSR count). The van der Waals surface area contributed by atoms with Crippen LogP contribution in [0.4, 0.5) is 0 Å². The molecule has 0 aliphatic rings. The molecule has 0 bridgehead atoms. The summed E-state index contributed by atoms with van der Waals surface area (Å²) < 4.78 is 32.0. The standard InChI is InChI=1S/2C5H14N2.C3H4O2.C2H6O4S/c2*1-7(2)5-3-4-6;1-2-3(4)5;1-2-6-7(3,4)5/h2*3-6H2,1-2H3;2H,1H2,(H,4,5);2H2,1H3,(H,3,4,5). The lowest BCUT2D eigenvalue weighted by Crippen LogP contribution is -3.05. The molecule has 0 unspecified atom stereocenters. The summed E-state index contributed by atoms with van der Waals surface area (Å²) in [6.07, 6.45) is 3.00. The predicted octanol–water partition coefficient (Wildman–Crippen LogP) is -4.64. The summed E-state index contributed by atoms with van der Waals surface area (Å²) >= 11 is 0. The van der Waals surface area contributed by atoms with E-state index < -0.39 is 16.4 Å². The molecule has 0 aliphatic carbocycles. The zero-order valence-electron chi connectivity index (χ0n) is 16.7. The highest BCUT2D eigenvalue weighted by atomic mass is 32.3. The number of carboxylic acid groups (broad SMARTS) is 1. The van der Waals surface area contributed by atoms with Gasteiger partial charge >= 0.3 is 0 Å². The van der Waals surface area contributed by atoms with E-state index in [2.05, 4.69) is 39.0 Å². The average Bonchev–Trinajstić information content (AvgIpc) is 2.51. The first-order valence-corrected chi connectivity index (χ1v) is 9.62. The average molecular weight is 403 g/mol. The van der Waals surface area contributed by atoms with Gasteiger partial charge in [-0.2, -0.15) is 0 Å². The Hall–Kier alpha value is -1.08. The number of aliphatic carboxylic acids is 1. The van der Waals surface area contributed by atoms with E-state index in [1.807, 2.05) is 0 Å². The Morgan fingerprint density at radius 1 is 1.08 bits per heavy atom. The second-order valence-corrected chi connectivity index (χ2v) is 6.59. The third-order valence-electron chi connectivity index (χ3n) is 2.19. The minimum Gasteiger partial charge on any atom is -0.726 e. The summed E-state index contributed by atoms with van der Waals surface area (Å²) in [6.45, 7) is 8.26. The smallest absolute Gasteiger partial charge is 0.217 e. The quantitative estimate of drug-likeness (QED) is 0.170. The second kappa shape index (κ2) is 23.9. The van der Waals surface area contributed by atoms with E-state index in [4.69, 9.17) is 21.4 Å². The zero-order chi connectivity index (χ0) is 21.6. The number of carbonyl (C=O) groups is 1. The highest BCUT2D eigenvalue weighted by Crippen LogP contribution is 1.80. The van der Waals surface area contributed by atoms with Crippen LogP contribution in [0.15, 0.2) is 12.7 Å². The van der Waals surface area contributed by atoms with E-state index >= 15 is 0 Å². The van der Waals surface area contributed by atoms with E-state index in [-0.39, 0.29) is 6.61 Å². The number of nitrogens with two attached hydrogens (primary N) is 2. The second-order valence-electron chi connectivity index (χ2n) is 5.54. The van der Waals surface area contributed by atoms with E-state index in [0.717, 1.165) is 32.0 Å². The summed E-state index contributed by atoms with van der Waals surface area (Å²) in [5.74, 6) is -1.23. The molecule has 10 nitrogen and oxygen atoms in total. The minimum atomic E-state index is -4.42. The van der Waals surface area contributed by atoms with Crippen molar-refractivity contribution in [3.8, 4) is 0 Å². The van der Waals surface area contributed by atoms with Crippen molar-refractivity contribution in [2.75, 3.05) is 61.0 Å². The monoisotopic (exact) mass is 402 g/mol. The summed E-state index contributed by atoms with van der Waals surface area (Å²) in [6, 6.07) is 0. The fourth-order valence-corrected chi connectivity index (χ4v) is 1.34. The molecule has 0 heterocycles. The maximum absolute atomic E-state index is 9.45. The number of hydrogen-bond donors (Lipinski definition) is 4. The van der Waals surface area contributed by atoms with Gasteiger partial charge in [-0.1, -0.05) is 6.58 Å². The molecule has 0 saturated carbocycles. The van der Waals surface area contributed by atoms with Gasteiger partial charge in [0.15, 0.2) is 0 Å². The maximum Gasteiger partial charge on any atom is 0.217 e. The fourth-order valence-electron chi connectivity index (χ4n) is 1.06. The van der Waals surface area contributed by atoms with Crippen LogP contribution >= 0.6 is 0 Å². The molecule has 0 amide bonds. The van der Waals surface area contributed by atoms with Crippen molar-refractivity contribution in [3.63, 3.8) is 0 Å². The number of nitrogens with one attached hydrogen (secondary N) is 2. The van der Waals surface area contributed by atoms with E-state index in [9.17, 15) is 13.0 Å². The third kappa shape index (κ3) is 66.0. The Morgan fingerprint density at radius 3 is 1.42 bits per heavy atom. The molecule has 11 heteroatoms. The van der Waals surface area contributed by atoms with Gasteiger partial charge in [0, 0.05) is 12.8 Å². The molecular weight excluding hydrogens is 364 g/mol. The Labute approximate surface area is 158 Å². The molecule has 0 radical (unpaired) electrons. The van der Waals surface area contributed by atoms with Crippen molar-refractivity contribution in [2.24, 2.45) is 11.5 Å². The SMILES string of the molecule is C=CC(=O)[O-].CCOS(=O)(=O)[O-].C[NH+](C)CCCN.C[NH+](C)CCCN. The lowest BCUT2D eigenvalue weighted by molar-refractivity contribution is -0.858. The Balaban J connectivity index is -0.000000125. The molecule has 0 aromatic rings. The van der Waals surface area contributed by atoms with Crippen molar-refractivity contribution in [1.82, 2.24) is 0 Å². The number of rotatable bonds is 9. The van der Waals surface area contributed by atoms with Crippen LogP contribution in [0, 0.1) is 0 Å². The first kappa shape index (κ1) is 32.6. The van der Waals surface area contributed by atoms with E-state index in [0.29, 0.717) is 0 Å². The van der Waals surface area contributed by atoms with Gasteiger partial charge in [-0.25, -0.2) is 8.42 Å². The number of quaternary nitrogens is 2. The van der Waals surface area contributed by atoms with Gasteiger partial charge in [-0.3, -0.25) is 4.18 Å². The molecule has 26 heavy (non-hydrogen) atoms.